The summed E-state index contributed by atoms with van der Waals surface area (Å²) in [5.74, 6) is -0.670. The molecule has 0 saturated heterocycles. The molecule has 7 heteroatoms. The minimum atomic E-state index is -0.424. The molecule has 1 aromatic heterocycles. The monoisotopic (exact) mass is 367 g/mol. The van der Waals surface area contributed by atoms with Gasteiger partial charge in [0.2, 0.25) is 5.88 Å². The van der Waals surface area contributed by atoms with Crippen molar-refractivity contribution < 1.29 is 13.9 Å². The van der Waals surface area contributed by atoms with Crippen molar-refractivity contribution in [2.24, 2.45) is 0 Å². The van der Waals surface area contributed by atoms with Gasteiger partial charge in [0.15, 0.2) is 6.61 Å². The van der Waals surface area contributed by atoms with E-state index in [0.29, 0.717) is 11.4 Å². The number of aromatic nitrogens is 2. The molecule has 1 N–H and O–H groups in total. The molecule has 6 nitrogen and oxygen atoms in total. The SMILES string of the molecule is Cc1ccc(-n2nc(OCC(=O)Nc3ccc(F)cc3)ccc2=O)cc1C. The highest BCUT2D eigenvalue weighted by Crippen LogP contribution is 2.13. The van der Waals surface area contributed by atoms with Crippen molar-refractivity contribution in [1.29, 1.82) is 0 Å². The van der Waals surface area contributed by atoms with E-state index in [-0.39, 0.29) is 23.9 Å². The predicted molar refractivity (Wildman–Crippen MR) is 99.8 cm³/mol. The second-order valence-corrected chi connectivity index (χ2v) is 6.03. The van der Waals surface area contributed by atoms with Crippen molar-refractivity contribution in [3.63, 3.8) is 0 Å². The molecule has 0 aliphatic carbocycles. The molecule has 1 amide bonds. The van der Waals surface area contributed by atoms with Crippen LogP contribution in [0.1, 0.15) is 11.1 Å². The quantitative estimate of drug-likeness (QED) is 0.752. The average molecular weight is 367 g/mol. The maximum atomic E-state index is 12.9. The smallest absolute Gasteiger partial charge is 0.271 e. The summed E-state index contributed by atoms with van der Waals surface area (Å²) < 4.78 is 19.5. The summed E-state index contributed by atoms with van der Waals surface area (Å²) in [6.45, 7) is 3.63. The predicted octanol–water partition coefficient (Wildman–Crippen LogP) is 3.01. The summed E-state index contributed by atoms with van der Waals surface area (Å²) in [5.41, 5.74) is 2.91. The fourth-order valence-corrected chi connectivity index (χ4v) is 2.38. The van der Waals surface area contributed by atoms with Crippen LogP contribution in [-0.4, -0.2) is 22.3 Å². The molecule has 0 spiro atoms. The van der Waals surface area contributed by atoms with Crippen molar-refractivity contribution in [2.45, 2.75) is 13.8 Å². The second-order valence-electron chi connectivity index (χ2n) is 6.03. The van der Waals surface area contributed by atoms with Gasteiger partial charge in [0.25, 0.3) is 11.5 Å². The zero-order valence-electron chi connectivity index (χ0n) is 14.9. The Hall–Kier alpha value is -3.48. The summed E-state index contributed by atoms with van der Waals surface area (Å²) in [7, 11) is 0. The summed E-state index contributed by atoms with van der Waals surface area (Å²) in [6.07, 6.45) is 0. The van der Waals surface area contributed by atoms with Crippen LogP contribution in [0.2, 0.25) is 0 Å². The maximum Gasteiger partial charge on any atom is 0.271 e. The van der Waals surface area contributed by atoms with E-state index < -0.39 is 5.91 Å². The lowest BCUT2D eigenvalue weighted by molar-refractivity contribution is -0.118. The Balaban J connectivity index is 1.70. The number of nitrogens with zero attached hydrogens (tertiary/aromatic N) is 2. The normalized spacial score (nSPS) is 10.5. The zero-order valence-corrected chi connectivity index (χ0v) is 14.9. The first-order valence-corrected chi connectivity index (χ1v) is 8.28. The molecule has 0 bridgehead atoms. The van der Waals surface area contributed by atoms with Crippen molar-refractivity contribution in [3.05, 3.63) is 81.9 Å². The molecular weight excluding hydrogens is 349 g/mol. The molecule has 0 aliphatic heterocycles. The molecule has 0 saturated carbocycles. The first-order valence-electron chi connectivity index (χ1n) is 8.28. The lowest BCUT2D eigenvalue weighted by Crippen LogP contribution is -2.23. The van der Waals surface area contributed by atoms with Gasteiger partial charge in [0.1, 0.15) is 5.82 Å². The minimum Gasteiger partial charge on any atom is -0.467 e. The molecule has 3 rings (SSSR count). The van der Waals surface area contributed by atoms with E-state index in [0.717, 1.165) is 11.1 Å². The highest BCUT2D eigenvalue weighted by molar-refractivity contribution is 5.91. The zero-order chi connectivity index (χ0) is 19.4. The molecule has 27 heavy (non-hydrogen) atoms. The molecule has 0 unspecified atom stereocenters. The lowest BCUT2D eigenvalue weighted by atomic mass is 10.1. The average Bonchev–Trinajstić information content (AvgIpc) is 2.65. The maximum absolute atomic E-state index is 12.9. The molecule has 1 heterocycles. The molecule has 0 atom stereocenters. The third kappa shape index (κ3) is 4.58. The van der Waals surface area contributed by atoms with Gasteiger partial charge in [-0.05, 0) is 61.4 Å². The lowest BCUT2D eigenvalue weighted by Gasteiger charge is -2.10. The van der Waals surface area contributed by atoms with Crippen LogP contribution in [0, 0.1) is 19.7 Å². The van der Waals surface area contributed by atoms with Crippen LogP contribution >= 0.6 is 0 Å². The van der Waals surface area contributed by atoms with E-state index >= 15 is 0 Å². The van der Waals surface area contributed by atoms with Crippen LogP contribution in [0.4, 0.5) is 10.1 Å². The topological polar surface area (TPSA) is 73.2 Å². The van der Waals surface area contributed by atoms with Gasteiger partial charge in [-0.2, -0.15) is 4.68 Å². The van der Waals surface area contributed by atoms with E-state index in [1.54, 1.807) is 6.07 Å². The van der Waals surface area contributed by atoms with Crippen LogP contribution in [0.5, 0.6) is 5.88 Å². The van der Waals surface area contributed by atoms with Gasteiger partial charge in [-0.15, -0.1) is 5.10 Å². The van der Waals surface area contributed by atoms with Crippen molar-refractivity contribution in [3.8, 4) is 11.6 Å². The number of halogens is 1. The Morgan fingerprint density at radius 3 is 2.52 bits per heavy atom. The first kappa shape index (κ1) is 18.3. The summed E-state index contributed by atoms with van der Waals surface area (Å²) in [4.78, 5) is 24.1. The largest absolute Gasteiger partial charge is 0.467 e. The van der Waals surface area contributed by atoms with Crippen molar-refractivity contribution in [2.75, 3.05) is 11.9 Å². The van der Waals surface area contributed by atoms with Crippen LogP contribution in [0.3, 0.4) is 0 Å². The number of aryl methyl sites for hydroxylation is 2. The van der Waals surface area contributed by atoms with Crippen molar-refractivity contribution in [1.82, 2.24) is 9.78 Å². The van der Waals surface area contributed by atoms with Gasteiger partial charge in [-0.3, -0.25) is 9.59 Å². The minimum absolute atomic E-state index is 0.141. The highest BCUT2D eigenvalue weighted by atomic mass is 19.1. The number of nitrogens with one attached hydrogen (secondary N) is 1. The summed E-state index contributed by atoms with van der Waals surface area (Å²) >= 11 is 0. The molecule has 2 aromatic carbocycles. The number of benzene rings is 2. The van der Waals surface area contributed by atoms with Gasteiger partial charge in [-0.25, -0.2) is 4.39 Å². The van der Waals surface area contributed by atoms with Gasteiger partial charge < -0.3 is 10.1 Å². The Labute approximate surface area is 155 Å². The van der Waals surface area contributed by atoms with Crippen LogP contribution in [-0.2, 0) is 4.79 Å². The molecule has 3 aromatic rings. The Morgan fingerprint density at radius 2 is 1.81 bits per heavy atom. The fourth-order valence-electron chi connectivity index (χ4n) is 2.38. The summed E-state index contributed by atoms with van der Waals surface area (Å²) in [5, 5.41) is 6.74. The van der Waals surface area contributed by atoms with E-state index in [2.05, 4.69) is 10.4 Å². The molecule has 0 aliphatic rings. The second kappa shape index (κ2) is 7.82. The van der Waals surface area contributed by atoms with E-state index in [9.17, 15) is 14.0 Å². The Kier molecular flexibility index (Phi) is 5.30. The van der Waals surface area contributed by atoms with Crippen LogP contribution < -0.4 is 15.6 Å². The number of anilines is 1. The van der Waals surface area contributed by atoms with Gasteiger partial charge in [0, 0.05) is 17.8 Å². The van der Waals surface area contributed by atoms with Crippen LogP contribution in [0.25, 0.3) is 5.69 Å². The number of rotatable bonds is 5. The first-order chi connectivity index (χ1) is 12.9. The van der Waals surface area contributed by atoms with Gasteiger partial charge in [-0.1, -0.05) is 6.07 Å². The number of hydrogen-bond acceptors (Lipinski definition) is 4. The standard InChI is InChI=1S/C20H18FN3O3/c1-13-3-8-17(11-14(13)2)24-20(26)10-9-19(23-24)27-12-18(25)22-16-6-4-15(21)5-7-16/h3-11H,12H2,1-2H3,(H,22,25). The molecule has 0 fully saturated rings. The third-order valence-corrected chi connectivity index (χ3v) is 3.99. The third-order valence-electron chi connectivity index (χ3n) is 3.99. The Morgan fingerprint density at radius 1 is 1.07 bits per heavy atom. The Bertz CT molecular complexity index is 1030. The number of carbonyl (C=O) groups excluding carboxylic acids is 1. The number of amides is 1. The summed E-state index contributed by atoms with van der Waals surface area (Å²) in [6, 6.07) is 13.7. The molecular formula is C20H18FN3O3. The van der Waals surface area contributed by atoms with Crippen LogP contribution in [0.15, 0.2) is 59.4 Å². The molecule has 0 radical (unpaired) electrons. The molecule has 138 valence electrons. The van der Waals surface area contributed by atoms with Crippen molar-refractivity contribution >= 4 is 11.6 Å². The number of hydrogen-bond donors (Lipinski definition) is 1. The highest BCUT2D eigenvalue weighted by Gasteiger charge is 2.08. The fraction of sp³-hybridized carbons (Fsp3) is 0.150. The van der Waals surface area contributed by atoms with Gasteiger partial charge >= 0.3 is 0 Å². The van der Waals surface area contributed by atoms with Gasteiger partial charge in [0.05, 0.1) is 5.69 Å². The van der Waals surface area contributed by atoms with E-state index in [1.807, 2.05) is 26.0 Å². The number of carbonyl (C=O) groups is 1. The number of ether oxygens (including phenoxy) is 1. The van der Waals surface area contributed by atoms with E-state index in [4.69, 9.17) is 4.74 Å². The van der Waals surface area contributed by atoms with E-state index in [1.165, 1.54) is 41.1 Å².